The van der Waals surface area contributed by atoms with Gasteiger partial charge in [-0.2, -0.15) is 0 Å². The zero-order valence-electron chi connectivity index (χ0n) is 24.3. The molecule has 1 saturated carbocycles. The van der Waals surface area contributed by atoms with Crippen LogP contribution in [0.5, 0.6) is 0 Å². The fraction of sp³-hybridized carbons (Fsp3) is 0.314. The van der Waals surface area contributed by atoms with Crippen LogP contribution in [-0.4, -0.2) is 55.4 Å². The van der Waals surface area contributed by atoms with Gasteiger partial charge in [0.25, 0.3) is 11.8 Å². The normalized spacial score (nSPS) is 18.0. The molecule has 2 aromatic carbocycles. The molecule has 1 N–H and O–H groups in total. The van der Waals surface area contributed by atoms with Crippen molar-refractivity contribution in [2.45, 2.75) is 25.7 Å². The van der Waals surface area contributed by atoms with Crippen LogP contribution in [0.4, 0.5) is 17.2 Å². The van der Waals surface area contributed by atoms with E-state index in [2.05, 4.69) is 15.2 Å². The van der Waals surface area contributed by atoms with Gasteiger partial charge in [0.2, 0.25) is 0 Å². The van der Waals surface area contributed by atoms with Gasteiger partial charge in [-0.15, -0.1) is 11.3 Å². The lowest BCUT2D eigenvalue weighted by Crippen LogP contribution is -2.66. The molecule has 1 spiro atoms. The minimum absolute atomic E-state index is 0.100. The number of benzene rings is 2. The van der Waals surface area contributed by atoms with Crippen LogP contribution in [0.25, 0.3) is 10.4 Å². The van der Waals surface area contributed by atoms with Gasteiger partial charge in [-0.05, 0) is 79.3 Å². The molecule has 3 fully saturated rings. The first kappa shape index (κ1) is 27.2. The van der Waals surface area contributed by atoms with E-state index >= 15 is 0 Å². The van der Waals surface area contributed by atoms with E-state index < -0.39 is 0 Å². The lowest BCUT2D eigenvalue weighted by atomic mass is 9.78. The molecular formula is C35H32N4O4S. The molecule has 4 aliphatic rings. The van der Waals surface area contributed by atoms with Crippen molar-refractivity contribution in [2.75, 3.05) is 48.0 Å². The van der Waals surface area contributed by atoms with E-state index in [0.717, 1.165) is 65.7 Å². The number of nitrogens with zero attached hydrogens (tertiary/aromatic N) is 3. The summed E-state index contributed by atoms with van der Waals surface area (Å²) in [5, 5.41) is 2.98. The Balaban J connectivity index is 0.982. The molecule has 0 radical (unpaired) electrons. The topological polar surface area (TPSA) is 91.8 Å². The molecule has 5 heterocycles. The summed E-state index contributed by atoms with van der Waals surface area (Å²) in [5.74, 6) is 1.14. The van der Waals surface area contributed by atoms with Crippen LogP contribution in [-0.2, 0) is 11.2 Å². The summed E-state index contributed by atoms with van der Waals surface area (Å²) in [6, 6.07) is 20.6. The fourth-order valence-corrected chi connectivity index (χ4v) is 7.69. The zero-order chi connectivity index (χ0) is 29.8. The minimum atomic E-state index is -0.236. The lowest BCUT2D eigenvalue weighted by molar-refractivity contribution is -0.127. The molecule has 0 unspecified atom stereocenters. The van der Waals surface area contributed by atoms with E-state index in [1.807, 2.05) is 35.2 Å². The molecule has 2 saturated heterocycles. The van der Waals surface area contributed by atoms with Crippen LogP contribution in [0.3, 0.4) is 0 Å². The van der Waals surface area contributed by atoms with Crippen molar-refractivity contribution in [3.05, 3.63) is 94.5 Å². The van der Waals surface area contributed by atoms with Crippen LogP contribution >= 0.6 is 11.3 Å². The Morgan fingerprint density at radius 1 is 1.00 bits per heavy atom. The molecule has 8 nitrogen and oxygen atoms in total. The molecule has 4 aromatic rings. The molecule has 2 amide bonds. The third kappa shape index (κ3) is 4.90. The quantitative estimate of drug-likeness (QED) is 0.257. The summed E-state index contributed by atoms with van der Waals surface area (Å²) in [6.45, 7) is 3.73. The Bertz CT molecular complexity index is 1780. The highest BCUT2D eigenvalue weighted by Gasteiger charge is 2.50. The number of carbonyl (C=O) groups is 3. The lowest BCUT2D eigenvalue weighted by Gasteiger charge is -2.55. The van der Waals surface area contributed by atoms with Gasteiger partial charge >= 0.3 is 0 Å². The van der Waals surface area contributed by atoms with Crippen molar-refractivity contribution in [1.82, 2.24) is 4.98 Å². The highest BCUT2D eigenvalue weighted by molar-refractivity contribution is 7.17. The van der Waals surface area contributed by atoms with Gasteiger partial charge in [0.15, 0.2) is 5.78 Å². The number of carbonyl (C=O) groups excluding carboxylic acids is 3. The van der Waals surface area contributed by atoms with Gasteiger partial charge < -0.3 is 19.9 Å². The highest BCUT2D eigenvalue weighted by atomic mass is 32.1. The van der Waals surface area contributed by atoms with E-state index in [4.69, 9.17) is 4.74 Å². The van der Waals surface area contributed by atoms with E-state index in [1.54, 1.807) is 53.9 Å². The Kier molecular flexibility index (Phi) is 6.61. The predicted octanol–water partition coefficient (Wildman–Crippen LogP) is 6.08. The van der Waals surface area contributed by atoms with Crippen LogP contribution < -0.4 is 15.1 Å². The Labute approximate surface area is 259 Å². The van der Waals surface area contributed by atoms with Gasteiger partial charge in [-0.3, -0.25) is 14.4 Å². The summed E-state index contributed by atoms with van der Waals surface area (Å²) in [5.41, 5.74) is 4.84. The molecule has 44 heavy (non-hydrogen) atoms. The predicted molar refractivity (Wildman–Crippen MR) is 171 cm³/mol. The number of fused-ring (bicyclic) bond motifs is 3. The molecule has 8 rings (SSSR count). The molecular weight excluding hydrogens is 572 g/mol. The Hall–Kier alpha value is -4.34. The van der Waals surface area contributed by atoms with Crippen LogP contribution in [0, 0.1) is 11.3 Å². The second-order valence-electron chi connectivity index (χ2n) is 12.5. The van der Waals surface area contributed by atoms with Gasteiger partial charge in [0.1, 0.15) is 5.82 Å². The van der Waals surface area contributed by atoms with Gasteiger partial charge in [-0.25, -0.2) is 4.98 Å². The first-order chi connectivity index (χ1) is 21.5. The average molecular weight is 605 g/mol. The SMILES string of the molecule is O=C(CC1CC1)c1cc2c(s1)-c1ccccc1N(C(=O)c1ccc(NC(=O)c3cccnc3N3CC4(COC4)C3)cc1)CC2. The number of Topliss-reactive ketones (excluding diaryl/α,β-unsaturated/α-hetero) is 1. The third-order valence-corrected chi connectivity index (χ3v) is 10.4. The summed E-state index contributed by atoms with van der Waals surface area (Å²) in [6.07, 6.45) is 5.34. The minimum Gasteiger partial charge on any atom is -0.380 e. The van der Waals surface area contributed by atoms with Crippen LogP contribution in [0.15, 0.2) is 72.9 Å². The third-order valence-electron chi connectivity index (χ3n) is 9.13. The Morgan fingerprint density at radius 3 is 2.55 bits per heavy atom. The first-order valence-corrected chi connectivity index (χ1v) is 16.0. The highest BCUT2D eigenvalue weighted by Crippen LogP contribution is 2.43. The van der Waals surface area contributed by atoms with Gasteiger partial charge in [0.05, 0.1) is 34.8 Å². The van der Waals surface area contributed by atoms with Crippen LogP contribution in [0.2, 0.25) is 0 Å². The van der Waals surface area contributed by atoms with Crippen LogP contribution in [0.1, 0.15) is 55.2 Å². The zero-order valence-corrected chi connectivity index (χ0v) is 25.1. The molecule has 222 valence electrons. The molecule has 2 aromatic heterocycles. The van der Waals surface area contributed by atoms with Crippen molar-refractivity contribution < 1.29 is 19.1 Å². The molecule has 1 aliphatic carbocycles. The number of rotatable bonds is 7. The number of hydrogen-bond acceptors (Lipinski definition) is 7. The van der Waals surface area contributed by atoms with Gasteiger partial charge in [0, 0.05) is 53.9 Å². The van der Waals surface area contributed by atoms with E-state index in [9.17, 15) is 14.4 Å². The number of hydrogen-bond donors (Lipinski definition) is 1. The van der Waals surface area contributed by atoms with Crippen molar-refractivity contribution in [3.8, 4) is 10.4 Å². The number of para-hydroxylation sites is 1. The Morgan fingerprint density at radius 2 is 1.80 bits per heavy atom. The number of amides is 2. The monoisotopic (exact) mass is 604 g/mol. The summed E-state index contributed by atoms with van der Waals surface area (Å²) in [7, 11) is 0. The van der Waals surface area contributed by atoms with Crippen molar-refractivity contribution in [1.29, 1.82) is 0 Å². The fourth-order valence-electron chi connectivity index (χ4n) is 6.49. The van der Waals surface area contributed by atoms with Crippen molar-refractivity contribution in [3.63, 3.8) is 0 Å². The van der Waals surface area contributed by atoms with E-state index in [0.29, 0.717) is 47.9 Å². The van der Waals surface area contributed by atoms with E-state index in [-0.39, 0.29) is 23.0 Å². The summed E-state index contributed by atoms with van der Waals surface area (Å²) < 4.78 is 5.38. The van der Waals surface area contributed by atoms with Gasteiger partial charge in [-0.1, -0.05) is 18.2 Å². The summed E-state index contributed by atoms with van der Waals surface area (Å²) >= 11 is 1.56. The number of thiophene rings is 1. The number of ether oxygens (including phenoxy) is 1. The standard InChI is InChI=1S/C35H32N4O4S/c40-29(16-22-7-8-22)30-17-24-13-15-39(28-6-2-1-4-26(28)31(24)44-30)34(42)23-9-11-25(12-10-23)37-33(41)27-5-3-14-36-32(27)38-18-35(19-38)20-43-21-35/h1-6,9-12,14,17,22H,7-8,13,15-16,18-21H2,(H,37,41). The maximum Gasteiger partial charge on any atom is 0.259 e. The number of nitrogens with one attached hydrogen (secondary N) is 1. The van der Waals surface area contributed by atoms with Crippen molar-refractivity contribution in [2.24, 2.45) is 11.3 Å². The second kappa shape index (κ2) is 10.7. The molecule has 0 atom stereocenters. The molecule has 9 heteroatoms. The second-order valence-corrected chi connectivity index (χ2v) is 13.6. The average Bonchev–Trinajstić information content (AvgIpc) is 3.74. The van der Waals surface area contributed by atoms with Crippen molar-refractivity contribution >= 4 is 46.1 Å². The molecule has 3 aliphatic heterocycles. The maximum absolute atomic E-state index is 13.9. The number of anilines is 3. The molecule has 0 bridgehead atoms. The summed E-state index contributed by atoms with van der Waals surface area (Å²) in [4.78, 5) is 50.3. The number of ketones is 1. The largest absolute Gasteiger partial charge is 0.380 e. The smallest absolute Gasteiger partial charge is 0.259 e. The first-order valence-electron chi connectivity index (χ1n) is 15.2. The number of pyridine rings is 1. The van der Waals surface area contributed by atoms with E-state index in [1.165, 1.54) is 0 Å². The maximum atomic E-state index is 13.9. The number of aromatic nitrogens is 1.